The van der Waals surface area contributed by atoms with E-state index in [9.17, 15) is 8.78 Å². The first-order valence-corrected chi connectivity index (χ1v) is 5.37. The molecule has 0 radical (unpaired) electrons. The zero-order chi connectivity index (χ0) is 12.5. The highest BCUT2D eigenvalue weighted by molar-refractivity contribution is 5.63. The fourth-order valence-electron chi connectivity index (χ4n) is 2.14. The second kappa shape index (κ2) is 4.44. The smallest absolute Gasteiger partial charge is 0.267 e. The van der Waals surface area contributed by atoms with E-state index in [1.165, 1.54) is 12.0 Å². The molecule has 0 spiro atoms. The standard InChI is InChI=1S/C11H15F2N3O/c1-17-6-8-5-11(12,13)7-16(8)10-9(14)3-2-4-15-10/h2-4,8H,5-7,14H2,1H3. The van der Waals surface area contributed by atoms with Gasteiger partial charge < -0.3 is 15.4 Å². The third kappa shape index (κ3) is 2.46. The van der Waals surface area contributed by atoms with Gasteiger partial charge in [0.1, 0.15) is 0 Å². The Morgan fingerprint density at radius 3 is 3.06 bits per heavy atom. The zero-order valence-corrected chi connectivity index (χ0v) is 9.57. The van der Waals surface area contributed by atoms with Crippen molar-refractivity contribution >= 4 is 11.5 Å². The van der Waals surface area contributed by atoms with E-state index < -0.39 is 5.92 Å². The number of alkyl halides is 2. The number of hydrogen-bond donors (Lipinski definition) is 1. The average Bonchev–Trinajstić information content (AvgIpc) is 2.55. The number of rotatable bonds is 3. The number of nitrogens with two attached hydrogens (primary N) is 1. The maximum atomic E-state index is 13.4. The van der Waals surface area contributed by atoms with Crippen LogP contribution in [0.25, 0.3) is 0 Å². The Kier molecular flexibility index (Phi) is 3.15. The van der Waals surface area contributed by atoms with Crippen molar-refractivity contribution in [3.05, 3.63) is 18.3 Å². The Morgan fingerprint density at radius 2 is 2.41 bits per heavy atom. The highest BCUT2D eigenvalue weighted by Gasteiger charge is 2.45. The molecule has 2 rings (SSSR count). The quantitative estimate of drug-likeness (QED) is 0.874. The topological polar surface area (TPSA) is 51.4 Å². The minimum Gasteiger partial charge on any atom is -0.396 e. The zero-order valence-electron chi connectivity index (χ0n) is 9.57. The Morgan fingerprint density at radius 1 is 1.65 bits per heavy atom. The van der Waals surface area contributed by atoms with Crippen LogP contribution < -0.4 is 10.6 Å². The van der Waals surface area contributed by atoms with Crippen molar-refractivity contribution in [2.75, 3.05) is 30.9 Å². The van der Waals surface area contributed by atoms with E-state index in [1.54, 1.807) is 18.3 Å². The minimum absolute atomic E-state index is 0.225. The molecule has 0 saturated carbocycles. The monoisotopic (exact) mass is 243 g/mol. The lowest BCUT2D eigenvalue weighted by Crippen LogP contribution is -2.34. The van der Waals surface area contributed by atoms with E-state index in [0.29, 0.717) is 11.5 Å². The molecule has 1 aliphatic rings. The van der Waals surface area contributed by atoms with E-state index >= 15 is 0 Å². The number of halogens is 2. The van der Waals surface area contributed by atoms with Crippen LogP contribution in [-0.2, 0) is 4.74 Å². The minimum atomic E-state index is -2.72. The molecule has 0 amide bonds. The average molecular weight is 243 g/mol. The summed E-state index contributed by atoms with van der Waals surface area (Å²) < 4.78 is 31.8. The molecule has 17 heavy (non-hydrogen) atoms. The highest BCUT2D eigenvalue weighted by atomic mass is 19.3. The molecule has 1 aromatic rings. The van der Waals surface area contributed by atoms with Crippen molar-refractivity contribution < 1.29 is 13.5 Å². The van der Waals surface area contributed by atoms with Crippen molar-refractivity contribution in [1.82, 2.24) is 4.98 Å². The van der Waals surface area contributed by atoms with Gasteiger partial charge in [0, 0.05) is 19.7 Å². The molecule has 1 unspecified atom stereocenters. The van der Waals surface area contributed by atoms with Crippen LogP contribution in [0.5, 0.6) is 0 Å². The number of hydrogen-bond acceptors (Lipinski definition) is 4. The summed E-state index contributed by atoms with van der Waals surface area (Å²) in [6, 6.07) is 2.95. The van der Waals surface area contributed by atoms with Gasteiger partial charge in [0.15, 0.2) is 5.82 Å². The van der Waals surface area contributed by atoms with E-state index in [4.69, 9.17) is 10.5 Å². The summed E-state index contributed by atoms with van der Waals surface area (Å²) >= 11 is 0. The molecule has 4 nitrogen and oxygen atoms in total. The Bertz CT molecular complexity index is 400. The van der Waals surface area contributed by atoms with Crippen LogP contribution in [0.3, 0.4) is 0 Å². The third-order valence-electron chi connectivity index (χ3n) is 2.82. The van der Waals surface area contributed by atoms with Crippen LogP contribution in [0.15, 0.2) is 18.3 Å². The van der Waals surface area contributed by atoms with Crippen molar-refractivity contribution in [2.24, 2.45) is 0 Å². The van der Waals surface area contributed by atoms with Crippen LogP contribution in [0.4, 0.5) is 20.3 Å². The Labute approximate surface area is 98.4 Å². The maximum absolute atomic E-state index is 13.4. The van der Waals surface area contributed by atoms with Gasteiger partial charge in [-0.1, -0.05) is 0 Å². The second-order valence-electron chi connectivity index (χ2n) is 4.21. The van der Waals surface area contributed by atoms with E-state index in [0.717, 1.165) is 0 Å². The molecule has 2 N–H and O–H groups in total. The molecule has 1 saturated heterocycles. The fourth-order valence-corrected chi connectivity index (χ4v) is 2.14. The SMILES string of the molecule is COCC1CC(F)(F)CN1c1ncccc1N. The number of methoxy groups -OCH3 is 1. The molecule has 0 bridgehead atoms. The molecule has 2 heterocycles. The fraction of sp³-hybridized carbons (Fsp3) is 0.545. The molecule has 1 atom stereocenters. The summed E-state index contributed by atoms with van der Waals surface area (Å²) in [6.45, 7) is -0.117. The number of anilines is 2. The molecule has 1 aromatic heterocycles. The first kappa shape index (κ1) is 12.0. The van der Waals surface area contributed by atoms with Crippen molar-refractivity contribution in [3.8, 4) is 0 Å². The molecule has 1 aliphatic heterocycles. The molecule has 0 aliphatic carbocycles. The van der Waals surface area contributed by atoms with Crippen LogP contribution in [0, 0.1) is 0 Å². The van der Waals surface area contributed by atoms with Crippen LogP contribution in [0.2, 0.25) is 0 Å². The Balaban J connectivity index is 2.27. The number of pyridine rings is 1. The van der Waals surface area contributed by atoms with Gasteiger partial charge in [-0.2, -0.15) is 0 Å². The molecule has 94 valence electrons. The summed E-state index contributed by atoms with van der Waals surface area (Å²) in [5, 5.41) is 0. The first-order valence-electron chi connectivity index (χ1n) is 5.37. The largest absolute Gasteiger partial charge is 0.396 e. The lowest BCUT2D eigenvalue weighted by Gasteiger charge is -2.25. The van der Waals surface area contributed by atoms with Gasteiger partial charge in [0.05, 0.1) is 24.9 Å². The third-order valence-corrected chi connectivity index (χ3v) is 2.82. The van der Waals surface area contributed by atoms with Gasteiger partial charge in [0.2, 0.25) is 0 Å². The van der Waals surface area contributed by atoms with Gasteiger partial charge in [-0.05, 0) is 12.1 Å². The highest BCUT2D eigenvalue weighted by Crippen LogP contribution is 2.36. The molecular weight excluding hydrogens is 228 g/mol. The van der Waals surface area contributed by atoms with Gasteiger partial charge >= 0.3 is 0 Å². The summed E-state index contributed by atoms with van der Waals surface area (Å²) in [5.74, 6) is -2.31. The van der Waals surface area contributed by atoms with E-state index in [1.807, 2.05) is 0 Å². The second-order valence-corrected chi connectivity index (χ2v) is 4.21. The molecule has 0 aromatic carbocycles. The van der Waals surface area contributed by atoms with Gasteiger partial charge in [-0.3, -0.25) is 0 Å². The Hall–Kier alpha value is -1.43. The molecular formula is C11H15F2N3O. The summed E-state index contributed by atoms with van der Waals surface area (Å²) in [6.07, 6.45) is 1.32. The van der Waals surface area contributed by atoms with Crippen molar-refractivity contribution in [3.63, 3.8) is 0 Å². The summed E-state index contributed by atoms with van der Waals surface area (Å²) in [7, 11) is 1.50. The van der Waals surface area contributed by atoms with E-state index in [-0.39, 0.29) is 25.6 Å². The van der Waals surface area contributed by atoms with E-state index in [2.05, 4.69) is 4.98 Å². The summed E-state index contributed by atoms with van der Waals surface area (Å²) in [4.78, 5) is 5.60. The first-order chi connectivity index (χ1) is 8.03. The lowest BCUT2D eigenvalue weighted by atomic mass is 10.2. The van der Waals surface area contributed by atoms with Crippen molar-refractivity contribution in [1.29, 1.82) is 0 Å². The number of aromatic nitrogens is 1. The summed E-state index contributed by atoms with van der Waals surface area (Å²) in [5.41, 5.74) is 6.17. The van der Waals surface area contributed by atoms with Gasteiger partial charge in [0.25, 0.3) is 5.92 Å². The van der Waals surface area contributed by atoms with Crippen molar-refractivity contribution in [2.45, 2.75) is 18.4 Å². The predicted molar refractivity (Wildman–Crippen MR) is 61.2 cm³/mol. The number of nitrogens with zero attached hydrogens (tertiary/aromatic N) is 2. The lowest BCUT2D eigenvalue weighted by molar-refractivity contribution is 0.0189. The van der Waals surface area contributed by atoms with Crippen LogP contribution in [0.1, 0.15) is 6.42 Å². The van der Waals surface area contributed by atoms with Gasteiger partial charge in [-0.15, -0.1) is 0 Å². The molecule has 1 fully saturated rings. The predicted octanol–water partition coefficient (Wildman–Crippen LogP) is 1.52. The maximum Gasteiger partial charge on any atom is 0.267 e. The normalized spacial score (nSPS) is 23.0. The van der Waals surface area contributed by atoms with Crippen LogP contribution >= 0.6 is 0 Å². The van der Waals surface area contributed by atoms with Gasteiger partial charge in [-0.25, -0.2) is 13.8 Å². The number of nitrogen functional groups attached to an aromatic ring is 1. The van der Waals surface area contributed by atoms with Crippen LogP contribution in [-0.4, -0.2) is 37.2 Å². The molecule has 6 heteroatoms. The number of ether oxygens (including phenoxy) is 1.